The molecule has 0 N–H and O–H groups in total. The highest BCUT2D eigenvalue weighted by molar-refractivity contribution is 5.46. The van der Waals surface area contributed by atoms with Crippen molar-refractivity contribution in [3.05, 3.63) is 71.8 Å². The van der Waals surface area contributed by atoms with E-state index in [4.69, 9.17) is 0 Å². The highest BCUT2D eigenvalue weighted by Gasteiger charge is 2.37. The first-order chi connectivity index (χ1) is 10.6. The third-order valence-corrected chi connectivity index (χ3v) is 4.47. The topological polar surface area (TPSA) is 27.0 Å². The van der Waals surface area contributed by atoms with Gasteiger partial charge in [0, 0.05) is 6.04 Å². The van der Waals surface area contributed by atoms with E-state index in [0.717, 1.165) is 24.0 Å². The van der Waals surface area contributed by atoms with Crippen LogP contribution in [-0.2, 0) is 5.41 Å². The van der Waals surface area contributed by atoms with E-state index in [1.165, 1.54) is 0 Å². The maximum Gasteiger partial charge on any atom is 0.109 e. The fraction of sp³-hybridized carbons (Fsp3) is 0.350. The molecule has 0 saturated heterocycles. The van der Waals surface area contributed by atoms with E-state index in [-0.39, 0.29) is 0 Å². The lowest BCUT2D eigenvalue weighted by atomic mass is 9.71. The van der Waals surface area contributed by atoms with Crippen molar-refractivity contribution in [3.8, 4) is 6.07 Å². The van der Waals surface area contributed by atoms with Gasteiger partial charge in [-0.3, -0.25) is 0 Å². The second kappa shape index (κ2) is 7.24. The number of nitriles is 1. The van der Waals surface area contributed by atoms with Crippen LogP contribution in [0.25, 0.3) is 0 Å². The molecule has 0 aliphatic carbocycles. The lowest BCUT2D eigenvalue weighted by Gasteiger charge is -2.34. The van der Waals surface area contributed by atoms with Gasteiger partial charge in [0.05, 0.1) is 6.07 Å². The van der Waals surface area contributed by atoms with Crippen LogP contribution in [0.5, 0.6) is 0 Å². The molecule has 114 valence electrons. The molecule has 0 aromatic heterocycles. The van der Waals surface area contributed by atoms with E-state index in [0.29, 0.717) is 6.04 Å². The standard InChI is InChI=1S/C20H24N2/c1-4-19(22(2)3)15-20(16-21,17-11-7-5-8-12-17)18-13-9-6-10-14-18/h5-14,19H,4,15H2,1-3H3/t19-/m1/s1. The molecule has 1 atom stereocenters. The summed E-state index contributed by atoms with van der Waals surface area (Å²) in [4.78, 5) is 2.22. The molecule has 22 heavy (non-hydrogen) atoms. The Bertz CT molecular complexity index is 572. The monoisotopic (exact) mass is 292 g/mol. The van der Waals surface area contributed by atoms with E-state index in [2.05, 4.69) is 56.3 Å². The fourth-order valence-electron chi connectivity index (χ4n) is 3.07. The van der Waals surface area contributed by atoms with Crippen molar-refractivity contribution in [2.24, 2.45) is 0 Å². The van der Waals surface area contributed by atoms with Crippen LogP contribution in [0.3, 0.4) is 0 Å². The van der Waals surface area contributed by atoms with Gasteiger partial charge in [-0.1, -0.05) is 67.6 Å². The minimum absolute atomic E-state index is 0.361. The van der Waals surface area contributed by atoms with Gasteiger partial charge in [-0.2, -0.15) is 5.26 Å². The molecule has 2 aromatic rings. The van der Waals surface area contributed by atoms with Crippen molar-refractivity contribution >= 4 is 0 Å². The molecule has 0 aliphatic rings. The van der Waals surface area contributed by atoms with Gasteiger partial charge in [-0.15, -0.1) is 0 Å². The molecule has 0 fully saturated rings. The molecular weight excluding hydrogens is 268 g/mol. The smallest absolute Gasteiger partial charge is 0.109 e. The van der Waals surface area contributed by atoms with Gasteiger partial charge in [-0.05, 0) is 38.1 Å². The molecule has 0 bridgehead atoms. The van der Waals surface area contributed by atoms with E-state index in [9.17, 15) is 5.26 Å². The molecule has 0 heterocycles. The van der Waals surface area contributed by atoms with Crippen molar-refractivity contribution in [1.82, 2.24) is 4.90 Å². The highest BCUT2D eigenvalue weighted by Crippen LogP contribution is 2.37. The Balaban J connectivity index is 2.56. The summed E-state index contributed by atoms with van der Waals surface area (Å²) < 4.78 is 0. The quantitative estimate of drug-likeness (QED) is 0.797. The van der Waals surface area contributed by atoms with Crippen molar-refractivity contribution in [3.63, 3.8) is 0 Å². The summed E-state index contributed by atoms with van der Waals surface area (Å²) in [5.41, 5.74) is 1.54. The minimum atomic E-state index is -0.604. The summed E-state index contributed by atoms with van der Waals surface area (Å²) in [6, 6.07) is 23.3. The number of hydrogen-bond acceptors (Lipinski definition) is 2. The van der Waals surface area contributed by atoms with Crippen LogP contribution < -0.4 is 0 Å². The van der Waals surface area contributed by atoms with Gasteiger partial charge in [0.1, 0.15) is 5.41 Å². The van der Waals surface area contributed by atoms with Gasteiger partial charge >= 0.3 is 0 Å². The largest absolute Gasteiger partial charge is 0.306 e. The Morgan fingerprint density at radius 3 is 1.73 bits per heavy atom. The average Bonchev–Trinajstić information content (AvgIpc) is 2.58. The lowest BCUT2D eigenvalue weighted by molar-refractivity contribution is 0.249. The summed E-state index contributed by atoms with van der Waals surface area (Å²) in [7, 11) is 4.18. The summed E-state index contributed by atoms with van der Waals surface area (Å²) in [6.45, 7) is 2.18. The van der Waals surface area contributed by atoms with E-state index >= 15 is 0 Å². The first kappa shape index (κ1) is 16.3. The van der Waals surface area contributed by atoms with Crippen molar-refractivity contribution in [1.29, 1.82) is 5.26 Å². The second-order valence-corrected chi connectivity index (χ2v) is 5.98. The van der Waals surface area contributed by atoms with Gasteiger partial charge in [-0.25, -0.2) is 0 Å². The summed E-state index contributed by atoms with van der Waals surface area (Å²) >= 11 is 0. The zero-order chi connectivity index (χ0) is 16.0. The molecule has 2 aromatic carbocycles. The third-order valence-electron chi connectivity index (χ3n) is 4.47. The van der Waals surface area contributed by atoms with E-state index in [1.54, 1.807) is 0 Å². The number of rotatable bonds is 6. The van der Waals surface area contributed by atoms with E-state index < -0.39 is 5.41 Å². The Hall–Kier alpha value is -2.11. The van der Waals surface area contributed by atoms with E-state index in [1.807, 2.05) is 36.4 Å². The third kappa shape index (κ3) is 3.21. The SMILES string of the molecule is CC[C@H](CC(C#N)(c1ccccc1)c1ccccc1)N(C)C. The van der Waals surface area contributed by atoms with Crippen LogP contribution in [-0.4, -0.2) is 25.0 Å². The molecular formula is C20H24N2. The predicted molar refractivity (Wildman–Crippen MR) is 91.7 cm³/mol. The van der Waals surface area contributed by atoms with Crippen LogP contribution in [0.1, 0.15) is 30.9 Å². The normalized spacial score (nSPS) is 12.9. The summed E-state index contributed by atoms with van der Waals surface area (Å²) in [5.74, 6) is 0. The van der Waals surface area contributed by atoms with Crippen LogP contribution in [0.2, 0.25) is 0 Å². The second-order valence-electron chi connectivity index (χ2n) is 5.98. The average molecular weight is 292 g/mol. The molecule has 0 radical (unpaired) electrons. The van der Waals surface area contributed by atoms with Crippen molar-refractivity contribution in [2.75, 3.05) is 14.1 Å². The Morgan fingerprint density at radius 1 is 0.955 bits per heavy atom. The van der Waals surface area contributed by atoms with Gasteiger partial charge in [0.15, 0.2) is 0 Å². The van der Waals surface area contributed by atoms with Crippen LogP contribution in [0, 0.1) is 11.3 Å². The minimum Gasteiger partial charge on any atom is -0.306 e. The Labute approximate surface area is 134 Å². The lowest BCUT2D eigenvalue weighted by Crippen LogP contribution is -2.37. The van der Waals surface area contributed by atoms with Crippen LogP contribution >= 0.6 is 0 Å². The molecule has 0 saturated carbocycles. The number of hydrogen-bond donors (Lipinski definition) is 0. The maximum absolute atomic E-state index is 10.1. The van der Waals surface area contributed by atoms with Gasteiger partial charge in [0.25, 0.3) is 0 Å². The maximum atomic E-state index is 10.1. The van der Waals surface area contributed by atoms with Crippen LogP contribution in [0.15, 0.2) is 60.7 Å². The van der Waals surface area contributed by atoms with Crippen molar-refractivity contribution in [2.45, 2.75) is 31.2 Å². The number of nitrogens with zero attached hydrogens (tertiary/aromatic N) is 2. The molecule has 0 amide bonds. The first-order valence-electron chi connectivity index (χ1n) is 7.82. The van der Waals surface area contributed by atoms with Crippen LogP contribution in [0.4, 0.5) is 0 Å². The van der Waals surface area contributed by atoms with Gasteiger partial charge < -0.3 is 4.90 Å². The zero-order valence-electron chi connectivity index (χ0n) is 13.7. The Kier molecular flexibility index (Phi) is 5.35. The molecule has 2 rings (SSSR count). The fourth-order valence-corrected chi connectivity index (χ4v) is 3.07. The molecule has 2 heteroatoms. The number of benzene rings is 2. The Morgan fingerprint density at radius 2 is 1.41 bits per heavy atom. The first-order valence-corrected chi connectivity index (χ1v) is 7.82. The molecule has 0 unspecified atom stereocenters. The zero-order valence-corrected chi connectivity index (χ0v) is 13.7. The van der Waals surface area contributed by atoms with Crippen molar-refractivity contribution < 1.29 is 0 Å². The highest BCUT2D eigenvalue weighted by atomic mass is 15.1. The summed E-state index contributed by atoms with van der Waals surface area (Å²) in [6.07, 6.45) is 1.82. The summed E-state index contributed by atoms with van der Waals surface area (Å²) in [5, 5.41) is 10.1. The molecule has 0 aliphatic heterocycles. The molecule has 2 nitrogen and oxygen atoms in total. The van der Waals surface area contributed by atoms with Gasteiger partial charge in [0.2, 0.25) is 0 Å². The predicted octanol–water partition coefficient (Wildman–Crippen LogP) is 4.23. The molecule has 0 spiro atoms.